The molecule has 0 heterocycles. The Labute approximate surface area is 93.8 Å². The fraction of sp³-hybridized carbons (Fsp3) is 1.00. The Balaban J connectivity index is 1.74. The third kappa shape index (κ3) is 0.806. The first-order valence-corrected chi connectivity index (χ1v) is 7.33. The number of rotatable bonds is 0. The van der Waals surface area contributed by atoms with Crippen molar-refractivity contribution in [2.24, 2.45) is 16.2 Å². The first-order valence-electron chi connectivity index (χ1n) is 7.33. The first-order chi connectivity index (χ1) is 7.33. The smallest absolute Gasteiger partial charge is 0.0184 e. The minimum Gasteiger partial charge on any atom is -0.0527 e. The summed E-state index contributed by atoms with van der Waals surface area (Å²) in [6.07, 6.45) is 19.1. The zero-order valence-corrected chi connectivity index (χ0v) is 9.99. The van der Waals surface area contributed by atoms with Crippen LogP contribution < -0.4 is 0 Å². The van der Waals surface area contributed by atoms with E-state index in [-0.39, 0.29) is 0 Å². The third-order valence-corrected chi connectivity index (χ3v) is 7.19. The van der Waals surface area contributed by atoms with Crippen molar-refractivity contribution < 1.29 is 0 Å². The van der Waals surface area contributed by atoms with E-state index >= 15 is 0 Å². The fourth-order valence-corrected chi connectivity index (χ4v) is 6.34. The first kappa shape index (κ1) is 9.07. The minimum absolute atomic E-state index is 0.867. The molecule has 0 nitrogen and oxygen atoms in total. The van der Waals surface area contributed by atoms with Crippen molar-refractivity contribution in [3.63, 3.8) is 0 Å². The molecule has 15 heavy (non-hydrogen) atoms. The lowest BCUT2D eigenvalue weighted by atomic mass is 9.35. The largest absolute Gasteiger partial charge is 0.0527 e. The molecule has 0 aromatic heterocycles. The van der Waals surface area contributed by atoms with Crippen LogP contribution in [0.25, 0.3) is 0 Å². The topological polar surface area (TPSA) is 0 Å². The highest BCUT2D eigenvalue weighted by atomic mass is 14.7. The van der Waals surface area contributed by atoms with E-state index in [4.69, 9.17) is 0 Å². The van der Waals surface area contributed by atoms with Crippen LogP contribution in [0.3, 0.4) is 0 Å². The highest BCUT2D eigenvalue weighted by Crippen LogP contribution is 2.80. The van der Waals surface area contributed by atoms with Crippen molar-refractivity contribution in [1.82, 2.24) is 0 Å². The van der Waals surface area contributed by atoms with Gasteiger partial charge in [0.2, 0.25) is 0 Å². The van der Waals surface area contributed by atoms with Gasteiger partial charge >= 0.3 is 0 Å². The summed E-state index contributed by atoms with van der Waals surface area (Å²) in [5.41, 5.74) is 2.65. The Morgan fingerprint density at radius 3 is 1.47 bits per heavy atom. The molecule has 1 unspecified atom stereocenters. The molecule has 84 valence electrons. The van der Waals surface area contributed by atoms with Crippen molar-refractivity contribution >= 4 is 0 Å². The average molecular weight is 204 g/mol. The van der Waals surface area contributed by atoms with Crippen molar-refractivity contribution in [2.45, 2.75) is 77.0 Å². The molecule has 1 atom stereocenters. The van der Waals surface area contributed by atoms with Gasteiger partial charge in [-0.25, -0.2) is 0 Å². The quantitative estimate of drug-likeness (QED) is 0.537. The molecule has 4 fully saturated rings. The molecule has 0 aliphatic heterocycles. The standard InChI is InChI=1S/C15H24/c1-2-6-13(5-1)9-4-10-15(13)12-11-14(15)7-3-8-14/h1-12H2. The maximum atomic E-state index is 1.62. The van der Waals surface area contributed by atoms with Gasteiger partial charge in [0, 0.05) is 0 Å². The summed E-state index contributed by atoms with van der Waals surface area (Å²) in [6, 6.07) is 0. The summed E-state index contributed by atoms with van der Waals surface area (Å²) in [5, 5.41) is 0. The van der Waals surface area contributed by atoms with Gasteiger partial charge in [0.15, 0.2) is 0 Å². The van der Waals surface area contributed by atoms with Crippen molar-refractivity contribution in [3.8, 4) is 0 Å². The number of hydrogen-bond acceptors (Lipinski definition) is 0. The van der Waals surface area contributed by atoms with E-state index in [0.29, 0.717) is 0 Å². The molecule has 0 bridgehead atoms. The fourth-order valence-electron chi connectivity index (χ4n) is 6.34. The molecule has 0 amide bonds. The molecule has 0 saturated heterocycles. The Kier molecular flexibility index (Phi) is 1.59. The summed E-state index contributed by atoms with van der Waals surface area (Å²) in [5.74, 6) is 0. The maximum absolute atomic E-state index is 1.62. The van der Waals surface area contributed by atoms with E-state index < -0.39 is 0 Å². The summed E-state index contributed by atoms with van der Waals surface area (Å²) in [4.78, 5) is 0. The highest BCUT2D eigenvalue weighted by Gasteiger charge is 2.70. The normalized spacial score (nSPS) is 44.8. The van der Waals surface area contributed by atoms with Crippen molar-refractivity contribution in [3.05, 3.63) is 0 Å². The van der Waals surface area contributed by atoms with Gasteiger partial charge in [0.25, 0.3) is 0 Å². The van der Waals surface area contributed by atoms with Gasteiger partial charge in [0.05, 0.1) is 0 Å². The third-order valence-electron chi connectivity index (χ3n) is 7.19. The van der Waals surface area contributed by atoms with Gasteiger partial charge in [-0.05, 0) is 67.6 Å². The van der Waals surface area contributed by atoms with Crippen LogP contribution in [-0.2, 0) is 0 Å². The van der Waals surface area contributed by atoms with E-state index in [0.717, 1.165) is 16.2 Å². The Morgan fingerprint density at radius 2 is 0.933 bits per heavy atom. The maximum Gasteiger partial charge on any atom is -0.0184 e. The van der Waals surface area contributed by atoms with Crippen molar-refractivity contribution in [1.29, 1.82) is 0 Å². The molecule has 4 aliphatic carbocycles. The molecular weight excluding hydrogens is 180 g/mol. The summed E-state index contributed by atoms with van der Waals surface area (Å²) >= 11 is 0. The van der Waals surface area contributed by atoms with Crippen LogP contribution in [0.2, 0.25) is 0 Å². The zero-order chi connectivity index (χ0) is 9.99. The molecule has 4 rings (SSSR count). The molecule has 0 N–H and O–H groups in total. The second-order valence-electron chi connectivity index (χ2n) is 7.06. The van der Waals surface area contributed by atoms with E-state index in [1.54, 1.807) is 77.0 Å². The van der Waals surface area contributed by atoms with Gasteiger partial charge < -0.3 is 0 Å². The lowest BCUT2D eigenvalue weighted by Gasteiger charge is -2.69. The Hall–Kier alpha value is 0. The molecule has 3 spiro atoms. The van der Waals surface area contributed by atoms with Gasteiger partial charge in [-0.1, -0.05) is 25.7 Å². The lowest BCUT2D eigenvalue weighted by Crippen LogP contribution is -2.60. The van der Waals surface area contributed by atoms with Crippen LogP contribution in [0, 0.1) is 16.2 Å². The molecule has 0 heteroatoms. The van der Waals surface area contributed by atoms with E-state index in [2.05, 4.69) is 0 Å². The number of hydrogen-bond donors (Lipinski definition) is 0. The lowest BCUT2D eigenvalue weighted by molar-refractivity contribution is -0.198. The second-order valence-corrected chi connectivity index (χ2v) is 7.06. The van der Waals surface area contributed by atoms with E-state index in [9.17, 15) is 0 Å². The van der Waals surface area contributed by atoms with Crippen LogP contribution in [0.1, 0.15) is 77.0 Å². The van der Waals surface area contributed by atoms with Crippen molar-refractivity contribution in [2.75, 3.05) is 0 Å². The summed E-state index contributed by atoms with van der Waals surface area (Å²) in [7, 11) is 0. The van der Waals surface area contributed by atoms with Gasteiger partial charge in [-0.3, -0.25) is 0 Å². The minimum atomic E-state index is 0.867. The second kappa shape index (κ2) is 2.63. The van der Waals surface area contributed by atoms with E-state index in [1.165, 1.54) is 0 Å². The predicted molar refractivity (Wildman–Crippen MR) is 62.7 cm³/mol. The van der Waals surface area contributed by atoms with Gasteiger partial charge in [-0.2, -0.15) is 0 Å². The SMILES string of the molecule is C1CCC2(C1)CCCC21CCC12CCC2. The average Bonchev–Trinajstić information content (AvgIpc) is 2.72. The predicted octanol–water partition coefficient (Wildman–Crippen LogP) is 4.68. The zero-order valence-electron chi connectivity index (χ0n) is 9.99. The van der Waals surface area contributed by atoms with Crippen LogP contribution in [0.4, 0.5) is 0 Å². The molecular formula is C15H24. The summed E-state index contributed by atoms with van der Waals surface area (Å²) < 4.78 is 0. The molecule has 4 saturated carbocycles. The van der Waals surface area contributed by atoms with Crippen LogP contribution in [-0.4, -0.2) is 0 Å². The van der Waals surface area contributed by atoms with E-state index in [1.807, 2.05) is 0 Å². The molecule has 0 radical (unpaired) electrons. The molecule has 4 aliphatic rings. The van der Waals surface area contributed by atoms with Gasteiger partial charge in [0.1, 0.15) is 0 Å². The van der Waals surface area contributed by atoms with Crippen LogP contribution >= 0.6 is 0 Å². The van der Waals surface area contributed by atoms with Crippen LogP contribution in [0.15, 0.2) is 0 Å². The summed E-state index contributed by atoms with van der Waals surface area (Å²) in [6.45, 7) is 0. The van der Waals surface area contributed by atoms with Gasteiger partial charge in [-0.15, -0.1) is 0 Å². The molecule has 0 aromatic carbocycles. The number of fused-ring (bicyclic) bond motifs is 2. The Bertz CT molecular complexity index is 269. The highest BCUT2D eigenvalue weighted by molar-refractivity contribution is 5.20. The van der Waals surface area contributed by atoms with Crippen LogP contribution in [0.5, 0.6) is 0 Å². The Morgan fingerprint density at radius 1 is 0.400 bits per heavy atom. The monoisotopic (exact) mass is 204 g/mol. The molecule has 0 aromatic rings.